The zero-order valence-electron chi connectivity index (χ0n) is 16.7. The molecule has 0 atom stereocenters. The van der Waals surface area contributed by atoms with E-state index in [1.54, 1.807) is 48.5 Å². The summed E-state index contributed by atoms with van der Waals surface area (Å²) in [6, 6.07) is 17.7. The van der Waals surface area contributed by atoms with Gasteiger partial charge in [0.05, 0.1) is 32.7 Å². The average molecular weight is 465 g/mol. The molecule has 3 aromatic rings. The molecule has 0 aliphatic carbocycles. The second kappa shape index (κ2) is 10.1. The normalized spacial score (nSPS) is 10.1. The van der Waals surface area contributed by atoms with Crippen molar-refractivity contribution in [1.29, 1.82) is 0 Å². The van der Waals surface area contributed by atoms with Gasteiger partial charge in [0.15, 0.2) is 5.11 Å². The van der Waals surface area contributed by atoms with E-state index in [0.29, 0.717) is 11.4 Å². The van der Waals surface area contributed by atoms with Crippen LogP contribution in [0.5, 0.6) is 0 Å². The Kier molecular flexibility index (Phi) is 7.00. The highest BCUT2D eigenvalue weighted by Gasteiger charge is 2.21. The quantitative estimate of drug-likeness (QED) is 0.281. The van der Waals surface area contributed by atoms with Crippen molar-refractivity contribution in [1.82, 2.24) is 5.32 Å². The van der Waals surface area contributed by atoms with Crippen LogP contribution >= 0.6 is 12.2 Å². The minimum Gasteiger partial charge on any atom is -0.332 e. The van der Waals surface area contributed by atoms with Crippen molar-refractivity contribution in [2.75, 3.05) is 10.6 Å². The van der Waals surface area contributed by atoms with E-state index in [4.69, 9.17) is 12.2 Å². The molecule has 0 spiro atoms. The Balaban J connectivity index is 1.75. The SMILES string of the molecule is O=C(NC(=S)Nc1ccccc1C(=O)Nc1ccccc1)c1cc([N+](=O)[O-])cc([N+](=O)[O-])c1. The number of amides is 2. The van der Waals surface area contributed by atoms with Crippen LogP contribution in [-0.4, -0.2) is 26.8 Å². The predicted molar refractivity (Wildman–Crippen MR) is 124 cm³/mol. The molecule has 166 valence electrons. The zero-order chi connectivity index (χ0) is 24.0. The Morgan fingerprint density at radius 2 is 1.33 bits per heavy atom. The molecule has 0 aromatic heterocycles. The van der Waals surface area contributed by atoms with Gasteiger partial charge in [-0.05, 0) is 36.5 Å². The largest absolute Gasteiger partial charge is 0.332 e. The van der Waals surface area contributed by atoms with E-state index in [1.165, 1.54) is 0 Å². The van der Waals surface area contributed by atoms with Gasteiger partial charge < -0.3 is 10.6 Å². The maximum absolute atomic E-state index is 12.7. The molecule has 0 aliphatic heterocycles. The van der Waals surface area contributed by atoms with E-state index in [0.717, 1.165) is 18.2 Å². The van der Waals surface area contributed by atoms with E-state index >= 15 is 0 Å². The molecule has 0 saturated carbocycles. The summed E-state index contributed by atoms with van der Waals surface area (Å²) in [6.07, 6.45) is 0. The van der Waals surface area contributed by atoms with Crippen LogP contribution in [-0.2, 0) is 0 Å². The third kappa shape index (κ3) is 5.92. The summed E-state index contributed by atoms with van der Waals surface area (Å²) in [5.74, 6) is -1.32. The number of nitrogens with one attached hydrogen (secondary N) is 3. The zero-order valence-corrected chi connectivity index (χ0v) is 17.5. The summed E-state index contributed by atoms with van der Waals surface area (Å²) < 4.78 is 0. The van der Waals surface area contributed by atoms with Crippen molar-refractivity contribution >= 4 is 51.9 Å². The molecule has 3 rings (SSSR count). The lowest BCUT2D eigenvalue weighted by atomic mass is 10.1. The molecule has 0 fully saturated rings. The molecule has 0 saturated heterocycles. The molecule has 0 heterocycles. The maximum atomic E-state index is 12.7. The van der Waals surface area contributed by atoms with Gasteiger partial charge in [0, 0.05) is 17.8 Å². The first-order chi connectivity index (χ1) is 15.7. The van der Waals surface area contributed by atoms with Crippen molar-refractivity contribution < 1.29 is 19.4 Å². The van der Waals surface area contributed by atoms with E-state index < -0.39 is 33.0 Å². The number of carbonyl (C=O) groups excluding carboxylic acids is 2. The summed E-state index contributed by atoms with van der Waals surface area (Å²) in [7, 11) is 0. The van der Waals surface area contributed by atoms with Gasteiger partial charge in [0.1, 0.15) is 0 Å². The number of non-ortho nitro benzene ring substituents is 2. The van der Waals surface area contributed by atoms with Crippen LogP contribution in [0.1, 0.15) is 20.7 Å². The van der Waals surface area contributed by atoms with Gasteiger partial charge in [-0.15, -0.1) is 0 Å². The van der Waals surface area contributed by atoms with Crippen molar-refractivity contribution in [2.24, 2.45) is 0 Å². The molecule has 0 unspecified atom stereocenters. The van der Waals surface area contributed by atoms with Gasteiger partial charge in [-0.25, -0.2) is 0 Å². The lowest BCUT2D eigenvalue weighted by molar-refractivity contribution is -0.394. The number of thiocarbonyl (C=S) groups is 1. The molecule has 33 heavy (non-hydrogen) atoms. The third-order valence-electron chi connectivity index (χ3n) is 4.26. The number of benzene rings is 3. The molecule has 0 aliphatic rings. The van der Waals surface area contributed by atoms with Crippen molar-refractivity contribution in [3.63, 3.8) is 0 Å². The molecular formula is C21H15N5O6S. The first kappa shape index (κ1) is 23.0. The summed E-state index contributed by atoms with van der Waals surface area (Å²) >= 11 is 5.11. The number of hydrogen-bond donors (Lipinski definition) is 3. The van der Waals surface area contributed by atoms with Crippen LogP contribution in [0.3, 0.4) is 0 Å². The number of carbonyl (C=O) groups is 2. The van der Waals surface area contributed by atoms with Gasteiger partial charge in [-0.3, -0.25) is 35.1 Å². The topological polar surface area (TPSA) is 157 Å². The second-order valence-electron chi connectivity index (χ2n) is 6.53. The van der Waals surface area contributed by atoms with E-state index in [-0.39, 0.29) is 16.2 Å². The number of hydrogen-bond acceptors (Lipinski definition) is 7. The van der Waals surface area contributed by atoms with Gasteiger partial charge in [0.2, 0.25) is 0 Å². The number of nitrogens with zero attached hydrogens (tertiary/aromatic N) is 2. The number of anilines is 2. The Bertz CT molecular complexity index is 1230. The first-order valence-corrected chi connectivity index (χ1v) is 9.67. The summed E-state index contributed by atoms with van der Waals surface area (Å²) in [5.41, 5.74) is -0.437. The highest BCUT2D eigenvalue weighted by Crippen LogP contribution is 2.23. The number of para-hydroxylation sites is 2. The first-order valence-electron chi connectivity index (χ1n) is 9.26. The van der Waals surface area contributed by atoms with Gasteiger partial charge >= 0.3 is 0 Å². The standard InChI is InChI=1S/C21H15N5O6S/c27-19(13-10-15(25(29)30)12-16(11-13)26(31)32)24-21(33)23-18-9-5-4-8-17(18)20(28)22-14-6-2-1-3-7-14/h1-12H,(H,22,28)(H2,23,24,27,33). The number of rotatable bonds is 6. The third-order valence-corrected chi connectivity index (χ3v) is 4.47. The smallest absolute Gasteiger partial charge is 0.277 e. The minimum absolute atomic E-state index is 0.214. The second-order valence-corrected chi connectivity index (χ2v) is 6.93. The fourth-order valence-electron chi connectivity index (χ4n) is 2.78. The van der Waals surface area contributed by atoms with Gasteiger partial charge in [0.25, 0.3) is 23.2 Å². The maximum Gasteiger partial charge on any atom is 0.277 e. The summed E-state index contributed by atoms with van der Waals surface area (Å²) in [6.45, 7) is 0. The number of nitro benzene ring substituents is 2. The highest BCUT2D eigenvalue weighted by atomic mass is 32.1. The van der Waals surface area contributed by atoms with Crippen LogP contribution in [0.4, 0.5) is 22.7 Å². The molecule has 3 aromatic carbocycles. The van der Waals surface area contributed by atoms with Crippen LogP contribution in [0.15, 0.2) is 72.8 Å². The Labute approximate surface area is 191 Å². The van der Waals surface area contributed by atoms with Gasteiger partial charge in [-0.2, -0.15) is 0 Å². The lowest BCUT2D eigenvalue weighted by Gasteiger charge is -2.13. The summed E-state index contributed by atoms with van der Waals surface area (Å²) in [5, 5.41) is 29.6. The van der Waals surface area contributed by atoms with Crippen molar-refractivity contribution in [3.05, 3.63) is 104 Å². The Morgan fingerprint density at radius 3 is 1.94 bits per heavy atom. The van der Waals surface area contributed by atoms with Crippen LogP contribution < -0.4 is 16.0 Å². The average Bonchev–Trinajstić information content (AvgIpc) is 2.79. The summed E-state index contributed by atoms with van der Waals surface area (Å²) in [4.78, 5) is 45.5. The molecule has 0 bridgehead atoms. The molecular weight excluding hydrogens is 450 g/mol. The molecule has 3 N–H and O–H groups in total. The van der Waals surface area contributed by atoms with E-state index in [9.17, 15) is 29.8 Å². The Hall–Kier alpha value is -4.71. The van der Waals surface area contributed by atoms with Crippen LogP contribution in [0.2, 0.25) is 0 Å². The predicted octanol–water partition coefficient (Wildman–Crippen LogP) is 3.88. The molecule has 0 radical (unpaired) electrons. The number of nitro groups is 2. The Morgan fingerprint density at radius 1 is 0.758 bits per heavy atom. The lowest BCUT2D eigenvalue weighted by Crippen LogP contribution is -2.34. The fourth-order valence-corrected chi connectivity index (χ4v) is 2.98. The van der Waals surface area contributed by atoms with Crippen molar-refractivity contribution in [2.45, 2.75) is 0 Å². The minimum atomic E-state index is -0.898. The molecule has 2 amide bonds. The fraction of sp³-hybridized carbons (Fsp3) is 0. The van der Waals surface area contributed by atoms with Gasteiger partial charge in [-0.1, -0.05) is 30.3 Å². The monoisotopic (exact) mass is 465 g/mol. The van der Waals surface area contributed by atoms with Crippen LogP contribution in [0, 0.1) is 20.2 Å². The van der Waals surface area contributed by atoms with Crippen molar-refractivity contribution in [3.8, 4) is 0 Å². The molecule has 11 nitrogen and oxygen atoms in total. The van der Waals surface area contributed by atoms with E-state index in [1.807, 2.05) is 6.07 Å². The highest BCUT2D eigenvalue weighted by molar-refractivity contribution is 7.80. The van der Waals surface area contributed by atoms with E-state index in [2.05, 4.69) is 16.0 Å². The molecule has 12 heteroatoms. The van der Waals surface area contributed by atoms with Crippen LogP contribution in [0.25, 0.3) is 0 Å².